The molecule has 0 radical (unpaired) electrons. The second-order valence-electron chi connectivity index (χ2n) is 0.933. The van der Waals surface area contributed by atoms with E-state index in [1.165, 1.54) is 6.26 Å². The van der Waals surface area contributed by atoms with Crippen LogP contribution in [-0.4, -0.2) is 7.11 Å². The van der Waals surface area contributed by atoms with Crippen molar-refractivity contribution in [2.45, 2.75) is 6.92 Å². The Morgan fingerprint density at radius 1 is 1.57 bits per heavy atom. The fourth-order valence-electron chi connectivity index (χ4n) is 0.185. The van der Waals surface area contributed by atoms with Crippen LogP contribution < -0.4 is 0 Å². The third-order valence-corrected chi connectivity index (χ3v) is 0.432. The molecular formula is C6H8O. The van der Waals surface area contributed by atoms with Crippen LogP contribution in [0.4, 0.5) is 0 Å². The average molecular weight is 96.1 g/mol. The number of rotatable bonds is 1. The summed E-state index contributed by atoms with van der Waals surface area (Å²) in [5.41, 5.74) is 0. The predicted molar refractivity (Wildman–Crippen MR) is 29.6 cm³/mol. The lowest BCUT2D eigenvalue weighted by molar-refractivity contribution is 0.338. The van der Waals surface area contributed by atoms with Gasteiger partial charge in [0.25, 0.3) is 0 Å². The van der Waals surface area contributed by atoms with Gasteiger partial charge in [0.15, 0.2) is 0 Å². The van der Waals surface area contributed by atoms with Crippen molar-refractivity contribution in [1.29, 1.82) is 0 Å². The summed E-state index contributed by atoms with van der Waals surface area (Å²) in [6, 6.07) is 0. The van der Waals surface area contributed by atoms with E-state index in [1.54, 1.807) is 20.1 Å². The fraction of sp³-hybridized carbons (Fsp3) is 0.333. The molecule has 0 saturated heterocycles. The SMILES string of the molecule is CC#CC=COC. The standard InChI is InChI=1S/C6H8O/c1-3-4-5-6-7-2/h5-6H,1-2H3. The molecule has 0 unspecified atom stereocenters. The van der Waals surface area contributed by atoms with Crippen molar-refractivity contribution < 1.29 is 4.74 Å². The van der Waals surface area contributed by atoms with E-state index in [4.69, 9.17) is 0 Å². The minimum absolute atomic E-state index is 1.54. The Bertz CT molecular complexity index is 103. The molecule has 0 aliphatic heterocycles. The summed E-state index contributed by atoms with van der Waals surface area (Å²) in [5.74, 6) is 5.38. The Kier molecular flexibility index (Phi) is 4.44. The first-order valence-corrected chi connectivity index (χ1v) is 2.02. The van der Waals surface area contributed by atoms with Crippen molar-refractivity contribution in [3.05, 3.63) is 12.3 Å². The second-order valence-corrected chi connectivity index (χ2v) is 0.933. The van der Waals surface area contributed by atoms with Crippen molar-refractivity contribution in [2.24, 2.45) is 0 Å². The minimum Gasteiger partial charge on any atom is -0.504 e. The van der Waals surface area contributed by atoms with E-state index >= 15 is 0 Å². The highest BCUT2D eigenvalue weighted by Crippen LogP contribution is 1.66. The second kappa shape index (κ2) is 5.10. The highest BCUT2D eigenvalue weighted by Gasteiger charge is 1.53. The number of hydrogen-bond acceptors (Lipinski definition) is 1. The average Bonchev–Trinajstić information content (AvgIpc) is 1.69. The topological polar surface area (TPSA) is 9.23 Å². The van der Waals surface area contributed by atoms with E-state index in [1.807, 2.05) is 0 Å². The number of hydrogen-bond donors (Lipinski definition) is 0. The van der Waals surface area contributed by atoms with Crippen molar-refractivity contribution in [1.82, 2.24) is 0 Å². The quantitative estimate of drug-likeness (QED) is 0.351. The first-order chi connectivity index (χ1) is 3.41. The van der Waals surface area contributed by atoms with Gasteiger partial charge in [-0.2, -0.15) is 0 Å². The summed E-state index contributed by atoms with van der Waals surface area (Å²) in [7, 11) is 1.59. The molecular weight excluding hydrogens is 88.1 g/mol. The Hall–Kier alpha value is -0.900. The van der Waals surface area contributed by atoms with Crippen LogP contribution >= 0.6 is 0 Å². The Balaban J connectivity index is 3.21. The normalized spacial score (nSPS) is 7.71. The van der Waals surface area contributed by atoms with Crippen LogP contribution in [-0.2, 0) is 4.74 Å². The largest absolute Gasteiger partial charge is 0.504 e. The molecule has 1 heteroatoms. The third-order valence-electron chi connectivity index (χ3n) is 0.432. The first-order valence-electron chi connectivity index (χ1n) is 2.02. The molecule has 0 fully saturated rings. The molecule has 0 atom stereocenters. The van der Waals surface area contributed by atoms with Crippen molar-refractivity contribution >= 4 is 0 Å². The molecule has 0 amide bonds. The molecule has 0 aliphatic carbocycles. The van der Waals surface area contributed by atoms with Gasteiger partial charge in [-0.1, -0.05) is 5.92 Å². The van der Waals surface area contributed by atoms with Crippen LogP contribution in [0.1, 0.15) is 6.92 Å². The minimum atomic E-state index is 1.54. The highest BCUT2D eigenvalue weighted by atomic mass is 16.5. The lowest BCUT2D eigenvalue weighted by atomic mass is 10.6. The molecule has 0 aromatic rings. The van der Waals surface area contributed by atoms with E-state index < -0.39 is 0 Å². The molecule has 0 spiro atoms. The van der Waals surface area contributed by atoms with Gasteiger partial charge in [-0.15, -0.1) is 5.92 Å². The molecule has 7 heavy (non-hydrogen) atoms. The molecule has 0 saturated carbocycles. The lowest BCUT2D eigenvalue weighted by Gasteiger charge is -1.77. The highest BCUT2D eigenvalue weighted by molar-refractivity contribution is 5.11. The lowest BCUT2D eigenvalue weighted by Crippen LogP contribution is -1.60. The predicted octanol–water partition coefficient (Wildman–Crippen LogP) is 1.17. The van der Waals surface area contributed by atoms with Gasteiger partial charge in [-0.3, -0.25) is 0 Å². The van der Waals surface area contributed by atoms with Gasteiger partial charge in [0.2, 0.25) is 0 Å². The molecule has 0 N–H and O–H groups in total. The van der Waals surface area contributed by atoms with E-state index in [0.29, 0.717) is 0 Å². The fourth-order valence-corrected chi connectivity index (χ4v) is 0.185. The third kappa shape index (κ3) is 5.10. The summed E-state index contributed by atoms with van der Waals surface area (Å²) >= 11 is 0. The van der Waals surface area contributed by atoms with Gasteiger partial charge < -0.3 is 4.74 Å². The van der Waals surface area contributed by atoms with Crippen molar-refractivity contribution in [3.8, 4) is 11.8 Å². The van der Waals surface area contributed by atoms with Gasteiger partial charge in [-0.25, -0.2) is 0 Å². The van der Waals surface area contributed by atoms with Crippen molar-refractivity contribution in [3.63, 3.8) is 0 Å². The molecule has 1 nitrogen and oxygen atoms in total. The summed E-state index contributed by atoms with van der Waals surface area (Å²) in [6.45, 7) is 1.78. The Morgan fingerprint density at radius 3 is 2.71 bits per heavy atom. The molecule has 0 aromatic carbocycles. The van der Waals surface area contributed by atoms with Gasteiger partial charge >= 0.3 is 0 Å². The molecule has 38 valence electrons. The number of ether oxygens (including phenoxy) is 1. The molecule has 0 aliphatic rings. The Morgan fingerprint density at radius 2 is 2.29 bits per heavy atom. The van der Waals surface area contributed by atoms with Crippen LogP contribution in [0.5, 0.6) is 0 Å². The van der Waals surface area contributed by atoms with E-state index in [2.05, 4.69) is 16.6 Å². The smallest absolute Gasteiger partial charge is 0.0908 e. The summed E-state index contributed by atoms with van der Waals surface area (Å²) in [5, 5.41) is 0. The van der Waals surface area contributed by atoms with E-state index in [9.17, 15) is 0 Å². The summed E-state index contributed by atoms with van der Waals surface area (Å²) < 4.78 is 4.56. The van der Waals surface area contributed by atoms with Crippen LogP contribution in [0.15, 0.2) is 12.3 Å². The molecule has 0 bridgehead atoms. The van der Waals surface area contributed by atoms with Gasteiger partial charge in [0, 0.05) is 6.08 Å². The monoisotopic (exact) mass is 96.1 g/mol. The zero-order valence-electron chi connectivity index (χ0n) is 4.56. The molecule has 0 aromatic heterocycles. The zero-order valence-corrected chi connectivity index (χ0v) is 4.56. The summed E-state index contributed by atoms with van der Waals surface area (Å²) in [6.07, 6.45) is 3.19. The van der Waals surface area contributed by atoms with E-state index in [-0.39, 0.29) is 0 Å². The Labute approximate surface area is 44.0 Å². The van der Waals surface area contributed by atoms with Crippen molar-refractivity contribution in [2.75, 3.05) is 7.11 Å². The first kappa shape index (κ1) is 6.10. The maximum Gasteiger partial charge on any atom is 0.0908 e. The molecule has 0 heterocycles. The number of methoxy groups -OCH3 is 1. The van der Waals surface area contributed by atoms with Gasteiger partial charge in [0.05, 0.1) is 13.4 Å². The van der Waals surface area contributed by atoms with Crippen LogP contribution in [0.2, 0.25) is 0 Å². The van der Waals surface area contributed by atoms with Crippen LogP contribution in [0, 0.1) is 11.8 Å². The number of allylic oxidation sites excluding steroid dienone is 1. The molecule has 0 rings (SSSR count). The van der Waals surface area contributed by atoms with Crippen LogP contribution in [0.25, 0.3) is 0 Å². The van der Waals surface area contributed by atoms with Gasteiger partial charge in [0.1, 0.15) is 0 Å². The maximum absolute atomic E-state index is 4.56. The van der Waals surface area contributed by atoms with E-state index in [0.717, 1.165) is 0 Å². The maximum atomic E-state index is 4.56. The zero-order chi connectivity index (χ0) is 5.54. The summed E-state index contributed by atoms with van der Waals surface area (Å²) in [4.78, 5) is 0. The van der Waals surface area contributed by atoms with Crippen LogP contribution in [0.3, 0.4) is 0 Å². The van der Waals surface area contributed by atoms with Gasteiger partial charge in [-0.05, 0) is 6.92 Å².